The van der Waals surface area contributed by atoms with Gasteiger partial charge in [-0.15, -0.1) is 0 Å². The van der Waals surface area contributed by atoms with E-state index in [4.69, 9.17) is 4.74 Å². The summed E-state index contributed by atoms with van der Waals surface area (Å²) in [5.41, 5.74) is 3.43. The highest BCUT2D eigenvalue weighted by molar-refractivity contribution is 6.07. The van der Waals surface area contributed by atoms with Gasteiger partial charge in [0.1, 0.15) is 24.0 Å². The Hall–Kier alpha value is -4.37. The van der Waals surface area contributed by atoms with Crippen LogP contribution in [0.1, 0.15) is 46.3 Å². The van der Waals surface area contributed by atoms with Gasteiger partial charge in [-0.05, 0) is 41.8 Å². The van der Waals surface area contributed by atoms with Crippen LogP contribution in [0.15, 0.2) is 66.9 Å². The summed E-state index contributed by atoms with van der Waals surface area (Å²) in [5.74, 6) is 0.940. The Morgan fingerprint density at radius 2 is 1.70 bits per heavy atom. The number of nitrogens with zero attached hydrogens (tertiary/aromatic N) is 4. The first-order valence-corrected chi connectivity index (χ1v) is 13.6. The fourth-order valence-electron chi connectivity index (χ4n) is 5.67. The van der Waals surface area contributed by atoms with Crippen molar-refractivity contribution in [2.45, 2.75) is 45.0 Å². The first kappa shape index (κ1) is 25.9. The van der Waals surface area contributed by atoms with Gasteiger partial charge in [0, 0.05) is 43.4 Å². The van der Waals surface area contributed by atoms with E-state index >= 15 is 0 Å². The van der Waals surface area contributed by atoms with Gasteiger partial charge in [-0.25, -0.2) is 4.98 Å². The summed E-state index contributed by atoms with van der Waals surface area (Å²) in [4.78, 5) is 59.6. The lowest BCUT2D eigenvalue weighted by Crippen LogP contribution is -2.50. The quantitative estimate of drug-likeness (QED) is 0.426. The molecular formula is C31H30N4O5. The summed E-state index contributed by atoms with van der Waals surface area (Å²) in [6.07, 6.45) is 2.31. The number of ketones is 2. The Labute approximate surface area is 232 Å². The molecule has 204 valence electrons. The van der Waals surface area contributed by atoms with Gasteiger partial charge in [-0.3, -0.25) is 29.0 Å². The second-order valence-corrected chi connectivity index (χ2v) is 10.5. The van der Waals surface area contributed by atoms with Crippen LogP contribution in [0.3, 0.4) is 0 Å². The highest BCUT2D eigenvalue weighted by Crippen LogP contribution is 2.34. The van der Waals surface area contributed by atoms with Crippen molar-refractivity contribution in [2.24, 2.45) is 0 Å². The second-order valence-electron chi connectivity index (χ2n) is 10.5. The van der Waals surface area contributed by atoms with Crippen LogP contribution >= 0.6 is 0 Å². The number of carbonyl (C=O) groups is 4. The molecule has 9 heteroatoms. The molecule has 1 aliphatic carbocycles. The molecule has 0 N–H and O–H groups in total. The summed E-state index contributed by atoms with van der Waals surface area (Å²) in [6, 6.07) is 18.5. The number of piperazine rings is 1. The van der Waals surface area contributed by atoms with E-state index in [9.17, 15) is 19.2 Å². The molecule has 3 heterocycles. The van der Waals surface area contributed by atoms with Crippen LogP contribution in [0.2, 0.25) is 0 Å². The third-order valence-corrected chi connectivity index (χ3v) is 7.82. The number of rotatable bonds is 7. The number of amides is 2. The van der Waals surface area contributed by atoms with Crippen molar-refractivity contribution < 1.29 is 23.9 Å². The van der Waals surface area contributed by atoms with E-state index < -0.39 is 6.04 Å². The molecule has 9 nitrogen and oxygen atoms in total. The molecule has 2 aliphatic heterocycles. The Bertz CT molecular complexity index is 1460. The average molecular weight is 539 g/mol. The molecule has 0 bridgehead atoms. The van der Waals surface area contributed by atoms with E-state index in [-0.39, 0.29) is 29.8 Å². The number of pyridine rings is 1. The molecule has 6 rings (SSSR count). The van der Waals surface area contributed by atoms with Crippen molar-refractivity contribution in [3.63, 3.8) is 0 Å². The molecule has 0 spiro atoms. The number of ether oxygens (including phenoxy) is 1. The standard InChI is InChI=1S/C31H30N4O5/c36-23-11-12-26(27(37)16-23)35-18-25-24(31(35)39)4-3-5-28(25)40-20-22-9-7-21(8-10-22)17-33-14-15-34(30(38)19-33)29-6-1-2-13-32-29/h1-10,13,26H,11-12,14-20H2. The molecule has 1 aromatic heterocycles. The highest BCUT2D eigenvalue weighted by atomic mass is 16.5. The lowest BCUT2D eigenvalue weighted by atomic mass is 9.92. The first-order chi connectivity index (χ1) is 19.5. The normalized spacial score (nSPS) is 19.8. The molecule has 2 fully saturated rings. The predicted molar refractivity (Wildman–Crippen MR) is 147 cm³/mol. The highest BCUT2D eigenvalue weighted by Gasteiger charge is 2.40. The van der Waals surface area contributed by atoms with Crippen molar-refractivity contribution >= 4 is 29.2 Å². The lowest BCUT2D eigenvalue weighted by molar-refractivity contribution is -0.133. The monoisotopic (exact) mass is 538 g/mol. The minimum atomic E-state index is -0.550. The van der Waals surface area contributed by atoms with Gasteiger partial charge in [0.15, 0.2) is 5.78 Å². The fraction of sp³-hybridized carbons (Fsp3) is 0.323. The Balaban J connectivity index is 1.05. The molecule has 3 aromatic rings. The molecule has 2 amide bonds. The number of carbonyl (C=O) groups excluding carboxylic acids is 4. The van der Waals surface area contributed by atoms with Gasteiger partial charge in [-0.1, -0.05) is 36.4 Å². The van der Waals surface area contributed by atoms with Gasteiger partial charge < -0.3 is 9.64 Å². The minimum absolute atomic E-state index is 0.0451. The third kappa shape index (κ3) is 5.24. The number of benzene rings is 2. The van der Waals surface area contributed by atoms with Crippen molar-refractivity contribution in [3.05, 3.63) is 89.1 Å². The average Bonchev–Trinajstić information content (AvgIpc) is 3.30. The minimum Gasteiger partial charge on any atom is -0.489 e. The Morgan fingerprint density at radius 1 is 0.875 bits per heavy atom. The van der Waals surface area contributed by atoms with Crippen molar-refractivity contribution in [1.82, 2.24) is 14.8 Å². The van der Waals surface area contributed by atoms with Crippen molar-refractivity contribution in [2.75, 3.05) is 24.5 Å². The predicted octanol–water partition coefficient (Wildman–Crippen LogP) is 3.16. The number of fused-ring (bicyclic) bond motifs is 1. The number of aromatic nitrogens is 1. The van der Waals surface area contributed by atoms with Crippen molar-refractivity contribution in [3.8, 4) is 5.75 Å². The molecule has 1 saturated carbocycles. The van der Waals surface area contributed by atoms with Crippen LogP contribution in [0, 0.1) is 0 Å². The molecular weight excluding hydrogens is 508 g/mol. The maximum absolute atomic E-state index is 13.1. The van der Waals surface area contributed by atoms with Crippen LogP contribution in [0.25, 0.3) is 0 Å². The topological polar surface area (TPSA) is 100 Å². The van der Waals surface area contributed by atoms with Gasteiger partial charge in [0.25, 0.3) is 5.91 Å². The molecule has 1 unspecified atom stereocenters. The maximum Gasteiger partial charge on any atom is 0.255 e. The van der Waals surface area contributed by atoms with Crippen LogP contribution < -0.4 is 9.64 Å². The number of anilines is 1. The van der Waals surface area contributed by atoms with E-state index in [2.05, 4.69) is 9.88 Å². The number of Topliss-reactive ketones (excluding diaryl/α,β-unsaturated/α-hetero) is 2. The molecule has 2 aromatic carbocycles. The van der Waals surface area contributed by atoms with Crippen molar-refractivity contribution in [1.29, 1.82) is 0 Å². The largest absolute Gasteiger partial charge is 0.489 e. The van der Waals surface area contributed by atoms with Crippen LogP contribution in [-0.2, 0) is 34.1 Å². The van der Waals surface area contributed by atoms with Gasteiger partial charge in [0.05, 0.1) is 25.6 Å². The number of hydrogen-bond donors (Lipinski definition) is 0. The zero-order valence-corrected chi connectivity index (χ0v) is 22.1. The van der Waals surface area contributed by atoms with E-state index in [1.165, 1.54) is 0 Å². The molecule has 1 saturated heterocycles. The van der Waals surface area contributed by atoms with Gasteiger partial charge in [-0.2, -0.15) is 0 Å². The van der Waals surface area contributed by atoms with E-state index in [0.717, 1.165) is 23.2 Å². The first-order valence-electron chi connectivity index (χ1n) is 13.6. The lowest BCUT2D eigenvalue weighted by Gasteiger charge is -2.33. The summed E-state index contributed by atoms with van der Waals surface area (Å²) in [6.45, 7) is 3.04. The van der Waals surface area contributed by atoms with E-state index in [1.807, 2.05) is 48.5 Å². The van der Waals surface area contributed by atoms with Crippen LogP contribution in [-0.4, -0.2) is 63.8 Å². The fourth-order valence-corrected chi connectivity index (χ4v) is 5.67. The van der Waals surface area contributed by atoms with Crippen LogP contribution in [0.4, 0.5) is 5.82 Å². The summed E-state index contributed by atoms with van der Waals surface area (Å²) in [5, 5.41) is 0. The van der Waals surface area contributed by atoms with Crippen LogP contribution in [0.5, 0.6) is 5.75 Å². The summed E-state index contributed by atoms with van der Waals surface area (Å²) in [7, 11) is 0. The molecule has 40 heavy (non-hydrogen) atoms. The maximum atomic E-state index is 13.1. The molecule has 3 aliphatic rings. The van der Waals surface area contributed by atoms with E-state index in [1.54, 1.807) is 28.1 Å². The zero-order chi connectivity index (χ0) is 27.6. The molecule has 0 radical (unpaired) electrons. The smallest absolute Gasteiger partial charge is 0.255 e. The summed E-state index contributed by atoms with van der Waals surface area (Å²) < 4.78 is 6.14. The SMILES string of the molecule is O=C1CCC(N2Cc3c(OCc4ccc(CN5CCN(c6ccccn6)C(=O)C5)cc4)cccc3C2=O)C(=O)C1. The summed E-state index contributed by atoms with van der Waals surface area (Å²) >= 11 is 0. The Kier molecular flexibility index (Phi) is 7.13. The van der Waals surface area contributed by atoms with Gasteiger partial charge >= 0.3 is 0 Å². The zero-order valence-electron chi connectivity index (χ0n) is 22.1. The Morgan fingerprint density at radius 3 is 2.45 bits per heavy atom. The van der Waals surface area contributed by atoms with Gasteiger partial charge in [0.2, 0.25) is 5.91 Å². The third-order valence-electron chi connectivity index (χ3n) is 7.82. The van der Waals surface area contributed by atoms with E-state index in [0.29, 0.717) is 62.8 Å². The second kappa shape index (κ2) is 11.0. The molecule has 1 atom stereocenters. The number of hydrogen-bond acceptors (Lipinski definition) is 7.